The van der Waals surface area contributed by atoms with Crippen LogP contribution in [0.2, 0.25) is 0 Å². The second-order valence-corrected chi connectivity index (χ2v) is 17.2. The molecule has 13 rings (SSSR count). The van der Waals surface area contributed by atoms with Crippen LogP contribution in [0.1, 0.15) is 0 Å². The zero-order chi connectivity index (χ0) is 40.7. The van der Waals surface area contributed by atoms with Gasteiger partial charge in [0.1, 0.15) is 0 Å². The molecule has 0 bridgehead atoms. The number of hydrogen-bond donors (Lipinski definition) is 0. The lowest BCUT2D eigenvalue weighted by atomic mass is 9.91. The molecule has 10 aromatic carbocycles. The maximum atomic E-state index is 5.39. The maximum absolute atomic E-state index is 5.39. The number of benzene rings is 10. The van der Waals surface area contributed by atoms with Crippen molar-refractivity contribution in [2.45, 2.75) is 0 Å². The average molecular weight is 806 g/mol. The van der Waals surface area contributed by atoms with Gasteiger partial charge in [0.05, 0.1) is 22.4 Å². The van der Waals surface area contributed by atoms with Crippen LogP contribution in [0.4, 0.5) is 0 Å². The third-order valence-corrected chi connectivity index (χ3v) is 13.7. The quantitative estimate of drug-likeness (QED) is 0.162. The van der Waals surface area contributed by atoms with Gasteiger partial charge < -0.3 is 4.57 Å². The Hall–Kier alpha value is -7.92. The van der Waals surface area contributed by atoms with Crippen LogP contribution < -0.4 is 0 Å². The molecular weight excluding hydrogens is 771 g/mol. The van der Waals surface area contributed by atoms with Crippen molar-refractivity contribution < 1.29 is 0 Å². The van der Waals surface area contributed by atoms with Crippen molar-refractivity contribution in [3.63, 3.8) is 0 Å². The molecule has 3 heterocycles. The number of fused-ring (bicyclic) bond motifs is 12. The van der Waals surface area contributed by atoms with Crippen molar-refractivity contribution in [1.29, 1.82) is 0 Å². The lowest BCUT2D eigenvalue weighted by Gasteiger charge is -2.16. The second kappa shape index (κ2) is 13.8. The largest absolute Gasteiger partial charge is 0.309 e. The summed E-state index contributed by atoms with van der Waals surface area (Å²) < 4.78 is 4.97. The number of rotatable bonds is 5. The van der Waals surface area contributed by atoms with Gasteiger partial charge in [-0.15, -0.1) is 11.3 Å². The highest BCUT2D eigenvalue weighted by atomic mass is 32.1. The minimum absolute atomic E-state index is 0.696. The summed E-state index contributed by atoms with van der Waals surface area (Å²) in [4.78, 5) is 10.7. The minimum atomic E-state index is 0.696. The van der Waals surface area contributed by atoms with Crippen molar-refractivity contribution in [1.82, 2.24) is 14.5 Å². The van der Waals surface area contributed by atoms with Crippen molar-refractivity contribution >= 4 is 85.6 Å². The van der Waals surface area contributed by atoms with E-state index in [9.17, 15) is 0 Å². The Labute approximate surface area is 361 Å². The van der Waals surface area contributed by atoms with E-state index in [-0.39, 0.29) is 0 Å². The molecule has 3 nitrogen and oxygen atoms in total. The smallest absolute Gasteiger partial charge is 0.160 e. The van der Waals surface area contributed by atoms with Crippen molar-refractivity contribution in [2.75, 3.05) is 0 Å². The van der Waals surface area contributed by atoms with Crippen LogP contribution >= 0.6 is 11.3 Å². The second-order valence-electron chi connectivity index (χ2n) is 16.1. The van der Waals surface area contributed by atoms with Crippen molar-refractivity contribution in [3.8, 4) is 50.7 Å². The number of nitrogens with zero attached hydrogens (tertiary/aromatic N) is 3. The van der Waals surface area contributed by atoms with Gasteiger partial charge in [0.15, 0.2) is 5.82 Å². The SMILES string of the molecule is c1ccc(-c2nc(-c3cc(-c4ccc5c6ccccc6c6ccccc6c5c4)cc(-n4c5ccccc5c5ccccc54)c3)cc(-c3ccc4sc5ccccc5c4c3)n2)cc1. The summed E-state index contributed by atoms with van der Waals surface area (Å²) >= 11 is 1.83. The van der Waals surface area contributed by atoms with Gasteiger partial charge in [-0.2, -0.15) is 0 Å². The van der Waals surface area contributed by atoms with Crippen LogP contribution in [-0.4, -0.2) is 14.5 Å². The van der Waals surface area contributed by atoms with E-state index in [1.807, 2.05) is 17.4 Å². The van der Waals surface area contributed by atoms with Crippen molar-refractivity contribution in [3.05, 3.63) is 212 Å². The van der Waals surface area contributed by atoms with E-state index < -0.39 is 0 Å². The minimum Gasteiger partial charge on any atom is -0.309 e. The van der Waals surface area contributed by atoms with Crippen LogP contribution in [0.5, 0.6) is 0 Å². The van der Waals surface area contributed by atoms with E-state index >= 15 is 0 Å². The lowest BCUT2D eigenvalue weighted by Crippen LogP contribution is -1.99. The molecule has 13 aromatic rings. The van der Waals surface area contributed by atoms with E-state index in [0.29, 0.717) is 5.82 Å². The fraction of sp³-hybridized carbons (Fsp3) is 0. The van der Waals surface area contributed by atoms with Crippen LogP contribution in [0, 0.1) is 0 Å². The highest BCUT2D eigenvalue weighted by Crippen LogP contribution is 2.41. The molecular formula is C58H35N3S. The molecule has 0 amide bonds. The zero-order valence-electron chi connectivity index (χ0n) is 33.5. The summed E-state index contributed by atoms with van der Waals surface area (Å²) in [5.41, 5.74) is 10.5. The van der Waals surface area contributed by atoms with Gasteiger partial charge in [-0.1, -0.05) is 152 Å². The van der Waals surface area contributed by atoms with Crippen LogP contribution in [0.3, 0.4) is 0 Å². The fourth-order valence-corrected chi connectivity index (χ4v) is 10.8. The Balaban J connectivity index is 1.09. The predicted octanol–water partition coefficient (Wildman–Crippen LogP) is 16.1. The molecule has 0 atom stereocenters. The summed E-state index contributed by atoms with van der Waals surface area (Å²) in [6.45, 7) is 0. The Kier molecular flexibility index (Phi) is 7.78. The molecule has 62 heavy (non-hydrogen) atoms. The number of aromatic nitrogens is 3. The standard InChI is InChI=1S/C58H35N3S/c1-2-14-36(15-3-1)58-59-52(38-27-29-57-51(34-38)49-22-10-13-25-56(49)62-57)35-53(60-58)40-30-39(31-41(32-40)61-54-23-11-8-20-47(54)48-21-9-12-24-55(48)61)37-26-28-46-44-18-5-4-16-42(44)43-17-6-7-19-45(43)50(46)33-37/h1-35H. The lowest BCUT2D eigenvalue weighted by molar-refractivity contribution is 1.16. The van der Waals surface area contributed by atoms with Gasteiger partial charge >= 0.3 is 0 Å². The van der Waals surface area contributed by atoms with E-state index in [1.54, 1.807) is 0 Å². The number of thiophene rings is 1. The van der Waals surface area contributed by atoms with Crippen LogP contribution in [0.15, 0.2) is 212 Å². The summed E-state index contributed by atoms with van der Waals surface area (Å²) in [5.74, 6) is 0.696. The van der Waals surface area contributed by atoms with Gasteiger partial charge in [-0.3, -0.25) is 0 Å². The number of para-hydroxylation sites is 2. The topological polar surface area (TPSA) is 30.7 Å². The first kappa shape index (κ1) is 34.9. The third kappa shape index (κ3) is 5.51. The molecule has 0 saturated carbocycles. The van der Waals surface area contributed by atoms with E-state index in [0.717, 1.165) is 55.9 Å². The normalized spacial score (nSPS) is 11.9. The monoisotopic (exact) mass is 805 g/mol. The van der Waals surface area contributed by atoms with E-state index in [4.69, 9.17) is 9.97 Å². The van der Waals surface area contributed by atoms with Gasteiger partial charge in [0.25, 0.3) is 0 Å². The summed E-state index contributed by atoms with van der Waals surface area (Å²) in [6, 6.07) is 77.0. The molecule has 0 unspecified atom stereocenters. The Morgan fingerprint density at radius 2 is 0.790 bits per heavy atom. The summed E-state index contributed by atoms with van der Waals surface area (Å²) in [6.07, 6.45) is 0. The molecule has 0 spiro atoms. The van der Waals surface area contributed by atoms with Crippen LogP contribution in [-0.2, 0) is 0 Å². The average Bonchev–Trinajstić information content (AvgIpc) is 3.89. The molecule has 0 radical (unpaired) electrons. The molecule has 0 fully saturated rings. The highest BCUT2D eigenvalue weighted by molar-refractivity contribution is 7.25. The Morgan fingerprint density at radius 1 is 0.290 bits per heavy atom. The summed E-state index contributed by atoms with van der Waals surface area (Å²) in [5, 5.41) is 12.5. The van der Waals surface area contributed by atoms with Gasteiger partial charge in [0.2, 0.25) is 0 Å². The first-order chi connectivity index (χ1) is 30.7. The first-order valence-corrected chi connectivity index (χ1v) is 21.9. The number of hydrogen-bond acceptors (Lipinski definition) is 3. The zero-order valence-corrected chi connectivity index (χ0v) is 34.3. The maximum Gasteiger partial charge on any atom is 0.160 e. The Morgan fingerprint density at radius 3 is 1.48 bits per heavy atom. The van der Waals surface area contributed by atoms with E-state index in [1.165, 1.54) is 63.3 Å². The predicted molar refractivity (Wildman–Crippen MR) is 264 cm³/mol. The molecule has 0 aliphatic rings. The van der Waals surface area contributed by atoms with Crippen LogP contribution in [0.25, 0.3) is 125 Å². The molecule has 0 saturated heterocycles. The molecule has 288 valence electrons. The first-order valence-electron chi connectivity index (χ1n) is 21.1. The Bertz CT molecular complexity index is 3840. The molecule has 0 N–H and O–H groups in total. The molecule has 4 heteroatoms. The van der Waals surface area contributed by atoms with Gasteiger partial charge in [0, 0.05) is 53.3 Å². The summed E-state index contributed by atoms with van der Waals surface area (Å²) in [7, 11) is 0. The third-order valence-electron chi connectivity index (χ3n) is 12.6. The van der Waals surface area contributed by atoms with Crippen molar-refractivity contribution in [2.24, 2.45) is 0 Å². The fourth-order valence-electron chi connectivity index (χ4n) is 9.69. The van der Waals surface area contributed by atoms with Gasteiger partial charge in [-0.05, 0) is 104 Å². The molecule has 0 aliphatic heterocycles. The highest BCUT2D eigenvalue weighted by Gasteiger charge is 2.18. The molecule has 0 aliphatic carbocycles. The molecule has 3 aromatic heterocycles. The van der Waals surface area contributed by atoms with E-state index in [2.05, 4.69) is 211 Å². The van der Waals surface area contributed by atoms with Gasteiger partial charge in [-0.25, -0.2) is 9.97 Å².